The molecule has 0 aromatic rings. The Morgan fingerprint density at radius 1 is 1.43 bits per heavy atom. The number of carbonyl (C=O) groups excluding carboxylic acids is 1. The van der Waals surface area contributed by atoms with E-state index < -0.39 is 11.4 Å². The molecule has 122 valence electrons. The molecule has 0 radical (unpaired) electrons. The van der Waals surface area contributed by atoms with E-state index in [1.807, 2.05) is 13.8 Å². The van der Waals surface area contributed by atoms with E-state index in [1.54, 1.807) is 11.8 Å². The average molecular weight is 299 g/mol. The minimum Gasteiger partial charge on any atom is -0.481 e. The second kappa shape index (κ2) is 7.78. The zero-order valence-corrected chi connectivity index (χ0v) is 13.7. The van der Waals surface area contributed by atoms with Crippen LogP contribution in [0.5, 0.6) is 0 Å². The van der Waals surface area contributed by atoms with Crippen LogP contribution in [0.4, 0.5) is 0 Å². The number of hydrogen-bond donors (Lipinski definition) is 1. The van der Waals surface area contributed by atoms with Gasteiger partial charge in [0.05, 0.1) is 11.5 Å². The van der Waals surface area contributed by atoms with Gasteiger partial charge in [0.25, 0.3) is 0 Å². The van der Waals surface area contributed by atoms with Gasteiger partial charge >= 0.3 is 5.97 Å². The van der Waals surface area contributed by atoms with Crippen LogP contribution in [0.2, 0.25) is 0 Å². The molecule has 1 rings (SSSR count). The lowest BCUT2D eigenvalue weighted by Crippen LogP contribution is -2.46. The van der Waals surface area contributed by atoms with Gasteiger partial charge < -0.3 is 14.7 Å². The molecule has 0 saturated carbocycles. The molecule has 2 unspecified atom stereocenters. The van der Waals surface area contributed by atoms with Gasteiger partial charge in [0.2, 0.25) is 5.91 Å². The minimum atomic E-state index is -1.01. The van der Waals surface area contributed by atoms with Crippen molar-refractivity contribution in [2.24, 2.45) is 11.3 Å². The second-order valence-corrected chi connectivity index (χ2v) is 6.53. The summed E-state index contributed by atoms with van der Waals surface area (Å²) in [6, 6.07) is 0. The zero-order valence-electron chi connectivity index (χ0n) is 13.7. The summed E-state index contributed by atoms with van der Waals surface area (Å²) in [6.07, 6.45) is 3.02. The number of rotatable bonds is 7. The van der Waals surface area contributed by atoms with Crippen molar-refractivity contribution >= 4 is 11.9 Å². The fourth-order valence-corrected chi connectivity index (χ4v) is 2.54. The van der Waals surface area contributed by atoms with Crippen LogP contribution in [0.1, 0.15) is 53.4 Å². The lowest BCUT2D eigenvalue weighted by Gasteiger charge is -2.36. The van der Waals surface area contributed by atoms with Gasteiger partial charge in [-0.2, -0.15) is 0 Å². The van der Waals surface area contributed by atoms with Crippen LogP contribution >= 0.6 is 0 Å². The van der Waals surface area contributed by atoms with Crippen molar-refractivity contribution in [1.29, 1.82) is 0 Å². The highest BCUT2D eigenvalue weighted by molar-refractivity contribution is 5.85. The number of likely N-dealkylation sites (tertiary alicyclic amines) is 1. The Labute approximate surface area is 127 Å². The molecule has 1 amide bonds. The summed E-state index contributed by atoms with van der Waals surface area (Å²) in [5.41, 5.74) is -1.01. The van der Waals surface area contributed by atoms with Crippen molar-refractivity contribution in [1.82, 2.24) is 4.90 Å². The fourth-order valence-electron chi connectivity index (χ4n) is 2.54. The molecule has 1 aliphatic rings. The van der Waals surface area contributed by atoms with Crippen molar-refractivity contribution in [3.8, 4) is 0 Å². The number of carboxylic acid groups (broad SMARTS) is 1. The summed E-state index contributed by atoms with van der Waals surface area (Å²) >= 11 is 0. The van der Waals surface area contributed by atoms with E-state index >= 15 is 0 Å². The van der Waals surface area contributed by atoms with Gasteiger partial charge in [-0.3, -0.25) is 9.59 Å². The van der Waals surface area contributed by atoms with Gasteiger partial charge in [-0.25, -0.2) is 0 Å². The zero-order chi connectivity index (χ0) is 16.0. The van der Waals surface area contributed by atoms with Crippen LogP contribution < -0.4 is 0 Å². The highest BCUT2D eigenvalue weighted by Crippen LogP contribution is 2.32. The molecule has 1 aliphatic heterocycles. The Hall–Kier alpha value is -1.10. The number of piperidine rings is 1. The van der Waals surface area contributed by atoms with Crippen LogP contribution in [0.15, 0.2) is 0 Å². The third-order valence-corrected chi connectivity index (χ3v) is 4.57. The summed E-state index contributed by atoms with van der Waals surface area (Å²) < 4.78 is 5.73. The van der Waals surface area contributed by atoms with E-state index in [0.717, 1.165) is 19.3 Å². The number of carbonyl (C=O) groups is 2. The number of aliphatic carboxylic acids is 1. The molecule has 0 bridgehead atoms. The van der Waals surface area contributed by atoms with Gasteiger partial charge in [0, 0.05) is 26.1 Å². The van der Waals surface area contributed by atoms with Crippen molar-refractivity contribution in [2.45, 2.75) is 59.5 Å². The predicted octanol–water partition coefficient (Wildman–Crippen LogP) is 2.54. The van der Waals surface area contributed by atoms with Crippen LogP contribution in [0.25, 0.3) is 0 Å². The fraction of sp³-hybridized carbons (Fsp3) is 0.875. The first-order valence-electron chi connectivity index (χ1n) is 7.94. The van der Waals surface area contributed by atoms with Crippen LogP contribution in [-0.4, -0.2) is 47.7 Å². The number of hydrogen-bond acceptors (Lipinski definition) is 3. The van der Waals surface area contributed by atoms with E-state index in [2.05, 4.69) is 6.92 Å². The molecule has 1 saturated heterocycles. The molecule has 0 spiro atoms. The summed E-state index contributed by atoms with van der Waals surface area (Å²) in [5.74, 6) is -1.06. The summed E-state index contributed by atoms with van der Waals surface area (Å²) in [4.78, 5) is 25.7. The van der Waals surface area contributed by atoms with Gasteiger partial charge in [0.15, 0.2) is 0 Å². The highest BCUT2D eigenvalue weighted by Gasteiger charge is 2.40. The summed E-state index contributed by atoms with van der Waals surface area (Å²) in [7, 11) is 0. The molecule has 0 aromatic heterocycles. The predicted molar refractivity (Wildman–Crippen MR) is 81.0 cm³/mol. The molecule has 21 heavy (non-hydrogen) atoms. The average Bonchev–Trinajstić information content (AvgIpc) is 2.44. The lowest BCUT2D eigenvalue weighted by atomic mass is 9.76. The second-order valence-electron chi connectivity index (χ2n) is 6.53. The van der Waals surface area contributed by atoms with E-state index in [0.29, 0.717) is 19.7 Å². The van der Waals surface area contributed by atoms with Gasteiger partial charge in [-0.05, 0) is 32.1 Å². The van der Waals surface area contributed by atoms with Crippen molar-refractivity contribution in [3.05, 3.63) is 0 Å². The van der Waals surface area contributed by atoms with E-state index in [4.69, 9.17) is 4.74 Å². The van der Waals surface area contributed by atoms with Crippen LogP contribution in [0.3, 0.4) is 0 Å². The molecule has 0 aromatic carbocycles. The molecule has 1 N–H and O–H groups in total. The number of carboxylic acids is 1. The Balaban J connectivity index is 2.63. The standard InChI is InChI=1S/C16H29NO4/c1-5-9-21-13-7-6-8-17(11-13)14(18)10-16(4,12(2)3)15(19)20/h12-13H,5-11H2,1-4H3,(H,19,20). The Bertz CT molecular complexity index is 369. The molecule has 0 aliphatic carbocycles. The molecule has 1 heterocycles. The quantitative estimate of drug-likeness (QED) is 0.784. The number of amides is 1. The third-order valence-electron chi connectivity index (χ3n) is 4.57. The summed E-state index contributed by atoms with van der Waals surface area (Å²) in [6.45, 7) is 9.44. The van der Waals surface area contributed by atoms with Gasteiger partial charge in [-0.1, -0.05) is 20.8 Å². The molecule has 5 nitrogen and oxygen atoms in total. The smallest absolute Gasteiger partial charge is 0.310 e. The molecule has 5 heteroatoms. The maximum atomic E-state index is 12.4. The topological polar surface area (TPSA) is 66.8 Å². The van der Waals surface area contributed by atoms with E-state index in [-0.39, 0.29) is 24.3 Å². The van der Waals surface area contributed by atoms with Crippen LogP contribution in [0, 0.1) is 11.3 Å². The first-order chi connectivity index (χ1) is 9.81. The highest BCUT2D eigenvalue weighted by atomic mass is 16.5. The molecular formula is C16H29NO4. The Kier molecular flexibility index (Phi) is 6.65. The SMILES string of the molecule is CCCOC1CCCN(C(=O)CC(C)(C(=O)O)C(C)C)C1. The van der Waals surface area contributed by atoms with E-state index in [9.17, 15) is 14.7 Å². The van der Waals surface area contributed by atoms with Crippen molar-refractivity contribution in [2.75, 3.05) is 19.7 Å². The third kappa shape index (κ3) is 4.70. The van der Waals surface area contributed by atoms with Crippen LogP contribution in [-0.2, 0) is 14.3 Å². The largest absolute Gasteiger partial charge is 0.481 e. The normalized spacial score (nSPS) is 22.1. The lowest BCUT2D eigenvalue weighted by molar-refractivity contribution is -0.156. The molecule has 2 atom stereocenters. The monoisotopic (exact) mass is 299 g/mol. The van der Waals surface area contributed by atoms with Crippen molar-refractivity contribution in [3.63, 3.8) is 0 Å². The Morgan fingerprint density at radius 3 is 2.62 bits per heavy atom. The first kappa shape index (κ1) is 18.0. The maximum Gasteiger partial charge on any atom is 0.310 e. The Morgan fingerprint density at radius 2 is 2.10 bits per heavy atom. The van der Waals surface area contributed by atoms with Crippen molar-refractivity contribution < 1.29 is 19.4 Å². The minimum absolute atomic E-state index is 0.0560. The summed E-state index contributed by atoms with van der Waals surface area (Å²) in [5, 5.41) is 9.42. The molecular weight excluding hydrogens is 270 g/mol. The number of ether oxygens (including phenoxy) is 1. The van der Waals surface area contributed by atoms with E-state index in [1.165, 1.54) is 0 Å². The maximum absolute atomic E-state index is 12.4. The van der Waals surface area contributed by atoms with Gasteiger partial charge in [0.1, 0.15) is 0 Å². The number of nitrogens with zero attached hydrogens (tertiary/aromatic N) is 1. The first-order valence-corrected chi connectivity index (χ1v) is 7.94. The molecule has 1 fully saturated rings. The van der Waals surface area contributed by atoms with Gasteiger partial charge in [-0.15, -0.1) is 0 Å².